The van der Waals surface area contributed by atoms with Gasteiger partial charge >= 0.3 is 0 Å². The van der Waals surface area contributed by atoms with Crippen molar-refractivity contribution in [2.75, 3.05) is 31.6 Å². The normalized spacial score (nSPS) is 19.3. The Hall–Kier alpha value is -1.62. The fourth-order valence-corrected chi connectivity index (χ4v) is 2.20. The van der Waals surface area contributed by atoms with Crippen LogP contribution in [0.25, 0.3) is 0 Å². The zero-order chi connectivity index (χ0) is 13.2. The highest BCUT2D eigenvalue weighted by Crippen LogP contribution is 2.28. The summed E-state index contributed by atoms with van der Waals surface area (Å²) in [5.41, 5.74) is 1.16. The number of rotatable bonds is 3. The number of nitrogens with one attached hydrogen (secondary N) is 1. The monoisotopic (exact) mass is 264 g/mol. The fraction of sp³-hybridized carbons (Fsp3) is 0.500. The van der Waals surface area contributed by atoms with E-state index in [2.05, 4.69) is 5.32 Å². The number of halogens is 1. The molecule has 102 valence electrons. The largest absolute Gasteiger partial charge is 0.382 e. The van der Waals surface area contributed by atoms with Gasteiger partial charge < -0.3 is 15.0 Å². The van der Waals surface area contributed by atoms with E-state index in [4.69, 9.17) is 4.74 Å². The zero-order valence-corrected chi connectivity index (χ0v) is 10.7. The molecule has 1 aromatic rings. The Balaban J connectivity index is 1.83. The molecule has 1 saturated heterocycles. The van der Waals surface area contributed by atoms with Gasteiger partial charge in [-0.2, -0.15) is 0 Å². The van der Waals surface area contributed by atoms with Gasteiger partial charge in [0.05, 0.1) is 18.8 Å². The van der Waals surface area contributed by atoms with Crippen molar-refractivity contribution in [3.05, 3.63) is 29.6 Å². The smallest absolute Gasteiger partial charge is 0.256 e. The minimum Gasteiger partial charge on any atom is -0.382 e. The van der Waals surface area contributed by atoms with Gasteiger partial charge in [-0.05, 0) is 31.0 Å². The van der Waals surface area contributed by atoms with Crippen molar-refractivity contribution in [1.82, 2.24) is 4.90 Å². The number of carbonyl (C=O) groups excluding carboxylic acids is 1. The Labute approximate surface area is 111 Å². The quantitative estimate of drug-likeness (QED) is 0.906. The van der Waals surface area contributed by atoms with Crippen molar-refractivity contribution in [1.29, 1.82) is 0 Å². The Morgan fingerprint density at radius 1 is 1.32 bits per heavy atom. The molecule has 0 unspecified atom stereocenters. The van der Waals surface area contributed by atoms with E-state index in [1.807, 2.05) is 0 Å². The number of anilines is 1. The lowest BCUT2D eigenvalue weighted by molar-refractivity contribution is 0.0303. The molecular weight excluding hydrogens is 247 g/mol. The zero-order valence-electron chi connectivity index (χ0n) is 10.7. The van der Waals surface area contributed by atoms with Crippen LogP contribution in [0.3, 0.4) is 0 Å². The summed E-state index contributed by atoms with van der Waals surface area (Å²) in [5, 5.41) is 3.29. The van der Waals surface area contributed by atoms with E-state index in [-0.39, 0.29) is 11.7 Å². The molecule has 1 amide bonds. The lowest BCUT2D eigenvalue weighted by Crippen LogP contribution is -2.41. The van der Waals surface area contributed by atoms with Crippen LogP contribution in [0.15, 0.2) is 18.2 Å². The fourth-order valence-electron chi connectivity index (χ4n) is 2.20. The Kier molecular flexibility index (Phi) is 3.38. The molecule has 1 heterocycles. The molecule has 1 N–H and O–H groups in total. The van der Waals surface area contributed by atoms with Gasteiger partial charge in [0.1, 0.15) is 5.82 Å². The van der Waals surface area contributed by atoms with Gasteiger partial charge in [0.15, 0.2) is 0 Å². The van der Waals surface area contributed by atoms with Crippen LogP contribution in [0.4, 0.5) is 10.1 Å². The van der Waals surface area contributed by atoms with E-state index in [0.29, 0.717) is 37.9 Å². The van der Waals surface area contributed by atoms with E-state index in [0.717, 1.165) is 18.5 Å². The summed E-state index contributed by atoms with van der Waals surface area (Å²) >= 11 is 0. The Morgan fingerprint density at radius 3 is 2.74 bits per heavy atom. The second-order valence-corrected chi connectivity index (χ2v) is 5.01. The van der Waals surface area contributed by atoms with Gasteiger partial charge in [-0.3, -0.25) is 4.79 Å². The third-order valence-electron chi connectivity index (χ3n) is 3.45. The lowest BCUT2D eigenvalue weighted by Gasteiger charge is -2.27. The minimum absolute atomic E-state index is 0.119. The third kappa shape index (κ3) is 2.87. The van der Waals surface area contributed by atoms with Crippen molar-refractivity contribution in [3.63, 3.8) is 0 Å². The maximum Gasteiger partial charge on any atom is 0.256 e. The summed E-state index contributed by atoms with van der Waals surface area (Å²) in [5.74, 6) is -0.496. The Morgan fingerprint density at radius 2 is 2.05 bits per heavy atom. The third-order valence-corrected chi connectivity index (χ3v) is 3.45. The first-order valence-corrected chi connectivity index (χ1v) is 6.67. The molecule has 1 aromatic carbocycles. The van der Waals surface area contributed by atoms with Crippen LogP contribution in [0, 0.1) is 5.82 Å². The van der Waals surface area contributed by atoms with Gasteiger partial charge in [0.2, 0.25) is 0 Å². The van der Waals surface area contributed by atoms with Crippen molar-refractivity contribution in [2.24, 2.45) is 0 Å². The summed E-state index contributed by atoms with van der Waals surface area (Å²) in [6.45, 7) is 2.23. The van der Waals surface area contributed by atoms with Crippen molar-refractivity contribution >= 4 is 11.6 Å². The molecule has 0 radical (unpaired) electrons. The van der Waals surface area contributed by atoms with Gasteiger partial charge in [-0.1, -0.05) is 0 Å². The first kappa shape index (κ1) is 12.4. The first-order chi connectivity index (χ1) is 9.24. The molecule has 0 spiro atoms. The molecule has 0 atom stereocenters. The van der Waals surface area contributed by atoms with Crippen LogP contribution < -0.4 is 5.32 Å². The summed E-state index contributed by atoms with van der Waals surface area (Å²) in [4.78, 5) is 14.2. The second kappa shape index (κ2) is 5.17. The van der Waals surface area contributed by atoms with Gasteiger partial charge in [-0.15, -0.1) is 0 Å². The van der Waals surface area contributed by atoms with Crippen molar-refractivity contribution in [3.8, 4) is 0 Å². The van der Waals surface area contributed by atoms with Crippen LogP contribution in [0.1, 0.15) is 23.2 Å². The summed E-state index contributed by atoms with van der Waals surface area (Å²) < 4.78 is 18.6. The molecule has 5 heteroatoms. The van der Waals surface area contributed by atoms with Crippen LogP contribution >= 0.6 is 0 Å². The lowest BCUT2D eigenvalue weighted by atomic mass is 10.1. The molecule has 1 aliphatic carbocycles. The number of hydrogen-bond acceptors (Lipinski definition) is 3. The highest BCUT2D eigenvalue weighted by Gasteiger charge is 2.26. The molecule has 2 fully saturated rings. The highest BCUT2D eigenvalue weighted by atomic mass is 19.1. The molecule has 1 saturated carbocycles. The number of hydrogen-bond donors (Lipinski definition) is 1. The van der Waals surface area contributed by atoms with Gasteiger partial charge in [0.25, 0.3) is 5.91 Å². The maximum absolute atomic E-state index is 13.4. The van der Waals surface area contributed by atoms with Gasteiger partial charge in [-0.25, -0.2) is 4.39 Å². The standard InChI is InChI=1S/C14H17FN2O2/c15-10-1-4-13(16-11-2-3-11)12(9-10)14(18)17-5-7-19-8-6-17/h1,4,9,11,16H,2-3,5-8H2. The van der Waals surface area contributed by atoms with E-state index in [9.17, 15) is 9.18 Å². The van der Waals surface area contributed by atoms with Crippen molar-refractivity contribution < 1.29 is 13.9 Å². The van der Waals surface area contributed by atoms with Crippen LogP contribution in [0.5, 0.6) is 0 Å². The molecule has 3 rings (SSSR count). The molecule has 1 aliphatic heterocycles. The molecule has 2 aliphatic rings. The van der Waals surface area contributed by atoms with Crippen molar-refractivity contribution in [2.45, 2.75) is 18.9 Å². The molecule has 19 heavy (non-hydrogen) atoms. The SMILES string of the molecule is O=C(c1cc(F)ccc1NC1CC1)N1CCOCC1. The highest BCUT2D eigenvalue weighted by molar-refractivity contribution is 5.99. The van der Waals surface area contributed by atoms with E-state index >= 15 is 0 Å². The number of morpholine rings is 1. The van der Waals surface area contributed by atoms with Crippen LogP contribution in [0.2, 0.25) is 0 Å². The van der Waals surface area contributed by atoms with Gasteiger partial charge in [0, 0.05) is 24.8 Å². The van der Waals surface area contributed by atoms with Crippen LogP contribution in [-0.4, -0.2) is 43.2 Å². The predicted octanol–water partition coefficient (Wildman–Crippen LogP) is 1.87. The summed E-state index contributed by atoms with van der Waals surface area (Å²) in [7, 11) is 0. The van der Waals surface area contributed by atoms with E-state index in [1.54, 1.807) is 11.0 Å². The average Bonchev–Trinajstić information content (AvgIpc) is 3.25. The number of amides is 1. The predicted molar refractivity (Wildman–Crippen MR) is 69.8 cm³/mol. The second-order valence-electron chi connectivity index (χ2n) is 5.01. The summed E-state index contributed by atoms with van der Waals surface area (Å²) in [6, 6.07) is 4.80. The maximum atomic E-state index is 13.4. The molecule has 0 bridgehead atoms. The number of ether oxygens (including phenoxy) is 1. The van der Waals surface area contributed by atoms with E-state index in [1.165, 1.54) is 12.1 Å². The number of nitrogens with zero attached hydrogens (tertiary/aromatic N) is 1. The first-order valence-electron chi connectivity index (χ1n) is 6.67. The topological polar surface area (TPSA) is 41.6 Å². The Bertz CT molecular complexity index is 482. The average molecular weight is 264 g/mol. The summed E-state index contributed by atoms with van der Waals surface area (Å²) in [6.07, 6.45) is 2.23. The number of benzene rings is 1. The molecular formula is C14H17FN2O2. The number of carbonyl (C=O) groups is 1. The molecule has 4 nitrogen and oxygen atoms in total. The van der Waals surface area contributed by atoms with Crippen LogP contribution in [-0.2, 0) is 4.74 Å². The minimum atomic E-state index is -0.377. The van der Waals surface area contributed by atoms with E-state index < -0.39 is 0 Å². The molecule has 0 aromatic heterocycles.